The van der Waals surface area contributed by atoms with Gasteiger partial charge in [-0.1, -0.05) is 30.3 Å². The molecule has 0 saturated carbocycles. The van der Waals surface area contributed by atoms with Gasteiger partial charge in [0.2, 0.25) is 0 Å². The van der Waals surface area contributed by atoms with Crippen LogP contribution in [0.25, 0.3) is 5.53 Å². The number of nitrogens with zero attached hydrogens (tertiary/aromatic N) is 2. The number of carbonyl (C=O) groups excluding carboxylic acids is 2. The summed E-state index contributed by atoms with van der Waals surface area (Å²) >= 11 is 0. The van der Waals surface area contributed by atoms with E-state index in [2.05, 4.69) is 10.1 Å². The zero-order chi connectivity index (χ0) is 13.4. The van der Waals surface area contributed by atoms with Crippen molar-refractivity contribution in [2.24, 2.45) is 5.84 Å². The van der Waals surface area contributed by atoms with Crippen LogP contribution in [0, 0.1) is 0 Å². The van der Waals surface area contributed by atoms with Crippen molar-refractivity contribution in [2.45, 2.75) is 12.5 Å². The summed E-state index contributed by atoms with van der Waals surface area (Å²) in [6.07, 6.45) is 0.955. The first-order valence-corrected chi connectivity index (χ1v) is 5.19. The number of amides is 2. The van der Waals surface area contributed by atoms with Gasteiger partial charge in [-0.05, 0) is 5.56 Å². The largest absolute Gasteiger partial charge is 0.361 e. The van der Waals surface area contributed by atoms with Crippen LogP contribution in [0.3, 0.4) is 0 Å². The Kier molecular flexibility index (Phi) is 5.24. The van der Waals surface area contributed by atoms with Gasteiger partial charge in [0.1, 0.15) is 6.04 Å². The van der Waals surface area contributed by atoms with E-state index in [0.717, 1.165) is 5.56 Å². The van der Waals surface area contributed by atoms with Crippen LogP contribution in [0.1, 0.15) is 5.56 Å². The van der Waals surface area contributed by atoms with E-state index in [-0.39, 0.29) is 6.42 Å². The average molecular weight is 247 g/mol. The molecular formula is C11H13N5O2. The third kappa shape index (κ3) is 4.17. The van der Waals surface area contributed by atoms with Crippen LogP contribution in [0.5, 0.6) is 0 Å². The second kappa shape index (κ2) is 6.95. The Labute approximate surface area is 104 Å². The molecule has 0 aliphatic heterocycles. The molecule has 0 unspecified atom stereocenters. The van der Waals surface area contributed by atoms with Crippen molar-refractivity contribution in [1.82, 2.24) is 10.7 Å². The number of rotatable bonds is 5. The lowest BCUT2D eigenvalue weighted by Gasteiger charge is -2.15. The Balaban J connectivity index is 2.76. The van der Waals surface area contributed by atoms with Crippen LogP contribution in [-0.2, 0) is 16.0 Å². The highest BCUT2D eigenvalue weighted by Crippen LogP contribution is 2.03. The normalized spacial score (nSPS) is 10.9. The fourth-order valence-corrected chi connectivity index (χ4v) is 1.42. The summed E-state index contributed by atoms with van der Waals surface area (Å²) in [4.78, 5) is 25.3. The minimum atomic E-state index is -0.831. The Morgan fingerprint density at radius 1 is 1.39 bits per heavy atom. The second-order valence-corrected chi connectivity index (χ2v) is 3.50. The van der Waals surface area contributed by atoms with Gasteiger partial charge < -0.3 is 10.8 Å². The molecule has 0 saturated heterocycles. The topological polar surface area (TPSA) is 121 Å². The Morgan fingerprint density at radius 3 is 2.61 bits per heavy atom. The zero-order valence-corrected chi connectivity index (χ0v) is 9.54. The quantitative estimate of drug-likeness (QED) is 0.154. The maximum atomic E-state index is 11.5. The molecule has 4 N–H and O–H groups in total. The highest BCUT2D eigenvalue weighted by Gasteiger charge is 2.20. The van der Waals surface area contributed by atoms with Gasteiger partial charge in [-0.25, -0.2) is 5.84 Å². The first-order valence-electron chi connectivity index (χ1n) is 5.19. The van der Waals surface area contributed by atoms with Crippen molar-refractivity contribution in [3.63, 3.8) is 0 Å². The van der Waals surface area contributed by atoms with Gasteiger partial charge >= 0.3 is 12.1 Å². The summed E-state index contributed by atoms with van der Waals surface area (Å²) in [5.74, 6) is 3.83. The molecule has 94 valence electrons. The fourth-order valence-electron chi connectivity index (χ4n) is 1.42. The summed E-state index contributed by atoms with van der Waals surface area (Å²) in [7, 11) is 0. The van der Waals surface area contributed by atoms with E-state index >= 15 is 0 Å². The van der Waals surface area contributed by atoms with Gasteiger partial charge in [0.15, 0.2) is 0 Å². The number of hydrazine groups is 1. The number of carbonyl (C=O) groups is 2. The highest BCUT2D eigenvalue weighted by atomic mass is 16.2. The molecule has 7 nitrogen and oxygen atoms in total. The standard InChI is InChI=1S/C11H13N5O2/c12-14-7-10(17)15-9(11(18)16-13)6-8-4-2-1-3-5-8/h1-5,7,9H,6,13H2,(H,15,17)(H,16,18)/t9-/m1/s1. The zero-order valence-electron chi connectivity index (χ0n) is 9.54. The molecule has 0 radical (unpaired) electrons. The maximum absolute atomic E-state index is 11.5. The minimum Gasteiger partial charge on any atom is -0.361 e. The minimum absolute atomic E-state index is 0.287. The van der Waals surface area contributed by atoms with Crippen LogP contribution < -0.4 is 16.6 Å². The average Bonchev–Trinajstić information content (AvgIpc) is 2.38. The van der Waals surface area contributed by atoms with Crippen LogP contribution in [0.4, 0.5) is 0 Å². The Bertz CT molecular complexity index is 468. The molecule has 0 bridgehead atoms. The molecule has 2 amide bonds. The summed E-state index contributed by atoms with van der Waals surface area (Å²) in [6.45, 7) is 0. The van der Waals surface area contributed by atoms with Crippen molar-refractivity contribution in [2.75, 3.05) is 0 Å². The molecule has 0 spiro atoms. The lowest BCUT2D eigenvalue weighted by atomic mass is 10.1. The molecule has 1 aromatic rings. The number of nitrogens with one attached hydrogen (secondary N) is 2. The molecule has 0 heterocycles. The fraction of sp³-hybridized carbons (Fsp3) is 0.182. The van der Waals surface area contributed by atoms with E-state index in [9.17, 15) is 9.59 Å². The van der Waals surface area contributed by atoms with Crippen LogP contribution in [0.15, 0.2) is 30.3 Å². The van der Waals surface area contributed by atoms with Gasteiger partial charge in [-0.15, -0.1) is 0 Å². The van der Waals surface area contributed by atoms with Crippen molar-refractivity contribution >= 4 is 18.0 Å². The molecule has 1 atom stereocenters. The summed E-state index contributed by atoms with van der Waals surface area (Å²) < 4.78 is 0. The summed E-state index contributed by atoms with van der Waals surface area (Å²) in [5, 5.41) is 2.38. The predicted molar refractivity (Wildman–Crippen MR) is 64.1 cm³/mol. The van der Waals surface area contributed by atoms with Gasteiger partial charge in [0, 0.05) is 6.42 Å². The van der Waals surface area contributed by atoms with E-state index in [0.29, 0.717) is 6.21 Å². The first kappa shape index (κ1) is 13.6. The molecule has 0 fully saturated rings. The third-order valence-electron chi connectivity index (χ3n) is 2.23. The van der Waals surface area contributed by atoms with Gasteiger partial charge in [0.25, 0.3) is 5.91 Å². The Morgan fingerprint density at radius 2 is 2.06 bits per heavy atom. The number of benzene rings is 1. The molecule has 0 aromatic heterocycles. The highest BCUT2D eigenvalue weighted by molar-refractivity contribution is 6.24. The smallest absolute Gasteiger partial charge is 0.344 e. The van der Waals surface area contributed by atoms with Crippen LogP contribution >= 0.6 is 0 Å². The summed E-state index contributed by atoms with van der Waals surface area (Å²) in [5.41, 5.74) is 11.1. The van der Waals surface area contributed by atoms with Crippen LogP contribution in [0.2, 0.25) is 0 Å². The van der Waals surface area contributed by atoms with Gasteiger partial charge in [-0.3, -0.25) is 15.0 Å². The van der Waals surface area contributed by atoms with Gasteiger partial charge in [0.05, 0.1) is 0 Å². The molecule has 0 aliphatic rings. The Hall–Kier alpha value is -2.50. The predicted octanol–water partition coefficient (Wildman–Crippen LogP) is -0.996. The van der Waals surface area contributed by atoms with Crippen molar-refractivity contribution in [1.29, 1.82) is 0 Å². The van der Waals surface area contributed by atoms with Crippen molar-refractivity contribution < 1.29 is 14.4 Å². The molecule has 0 aliphatic carbocycles. The lowest BCUT2D eigenvalue weighted by Crippen LogP contribution is -2.50. The van der Waals surface area contributed by atoms with E-state index < -0.39 is 17.9 Å². The van der Waals surface area contributed by atoms with E-state index in [1.807, 2.05) is 35.8 Å². The van der Waals surface area contributed by atoms with E-state index in [4.69, 9.17) is 11.4 Å². The molecule has 1 aromatic carbocycles. The number of hydrogen-bond acceptors (Lipinski definition) is 3. The summed E-state index contributed by atoms with van der Waals surface area (Å²) in [6, 6.07) is 8.31. The van der Waals surface area contributed by atoms with Gasteiger partial charge in [-0.2, -0.15) is 4.79 Å². The van der Waals surface area contributed by atoms with Crippen molar-refractivity contribution in [3.8, 4) is 0 Å². The van der Waals surface area contributed by atoms with Crippen molar-refractivity contribution in [3.05, 3.63) is 41.4 Å². The lowest BCUT2D eigenvalue weighted by molar-refractivity contribution is -0.127. The molecule has 7 heteroatoms. The maximum Gasteiger partial charge on any atom is 0.344 e. The van der Waals surface area contributed by atoms with Crippen LogP contribution in [-0.4, -0.2) is 28.9 Å². The van der Waals surface area contributed by atoms with E-state index in [1.165, 1.54) is 0 Å². The monoisotopic (exact) mass is 247 g/mol. The molecule has 18 heavy (non-hydrogen) atoms. The van der Waals surface area contributed by atoms with E-state index in [1.54, 1.807) is 0 Å². The molecule has 1 rings (SSSR count). The third-order valence-corrected chi connectivity index (χ3v) is 2.23. The number of hydrogen-bond donors (Lipinski definition) is 3. The number of nitrogens with two attached hydrogens (primary N) is 1. The molecular weight excluding hydrogens is 234 g/mol. The SMILES string of the molecule is [N-]=[N+]=CC(=O)N[C@H](Cc1ccccc1)C(=O)NN. The second-order valence-electron chi connectivity index (χ2n) is 3.50. The first-order chi connectivity index (χ1) is 8.67.